The van der Waals surface area contributed by atoms with Gasteiger partial charge in [-0.05, 0) is 37.6 Å². The predicted molar refractivity (Wildman–Crippen MR) is 103 cm³/mol. The van der Waals surface area contributed by atoms with Gasteiger partial charge in [-0.3, -0.25) is 4.99 Å². The van der Waals surface area contributed by atoms with Crippen molar-refractivity contribution in [2.45, 2.75) is 20.0 Å². The normalized spacial score (nSPS) is 13.6. The highest BCUT2D eigenvalue weighted by Gasteiger charge is 2.10. The van der Waals surface area contributed by atoms with E-state index >= 15 is 0 Å². The smallest absolute Gasteiger partial charge is 0.211 e. The molecular weight excluding hydrogens is 387 g/mol. The minimum atomic E-state index is -3.21. The van der Waals surface area contributed by atoms with Crippen molar-refractivity contribution < 1.29 is 13.5 Å². The number of aliphatic imine (C=N–C) groups is 1. The summed E-state index contributed by atoms with van der Waals surface area (Å²) in [6.45, 7) is 4.82. The Hall–Kier alpha value is -1.06. The van der Waals surface area contributed by atoms with Crippen LogP contribution in [0.1, 0.15) is 25.5 Å². The first-order chi connectivity index (χ1) is 11.8. The third kappa shape index (κ3) is 8.73. The number of halogens is 2. The van der Waals surface area contributed by atoms with Gasteiger partial charge in [-0.2, -0.15) is 0 Å². The van der Waals surface area contributed by atoms with Crippen molar-refractivity contribution in [3.05, 3.63) is 33.8 Å². The summed E-state index contributed by atoms with van der Waals surface area (Å²) in [6.07, 6.45) is -0.856. The van der Waals surface area contributed by atoms with Crippen molar-refractivity contribution in [1.29, 1.82) is 0 Å². The van der Waals surface area contributed by atoms with Crippen molar-refractivity contribution in [2.75, 3.05) is 31.9 Å². The molecule has 0 saturated carbocycles. The summed E-state index contributed by atoms with van der Waals surface area (Å²) in [7, 11) is -3.21. The molecule has 0 aliphatic rings. The van der Waals surface area contributed by atoms with Crippen molar-refractivity contribution in [3.8, 4) is 0 Å². The molecule has 0 aliphatic carbocycles. The molecule has 0 bridgehead atoms. The van der Waals surface area contributed by atoms with E-state index in [0.29, 0.717) is 34.7 Å². The Bertz CT molecular complexity index is 663. The lowest BCUT2D eigenvalue weighted by molar-refractivity contribution is 0.187. The van der Waals surface area contributed by atoms with E-state index in [2.05, 4.69) is 20.3 Å². The molecule has 0 amide bonds. The standard InChI is InChI=1S/C15H24Cl2N4O3S/c1-3-18-15(19-5-6-21-25(23,24)4-2)20-10-14(22)11-7-12(16)9-13(17)8-11/h7-9,14,21-22H,3-6,10H2,1-2H3,(H2,18,19,20). The lowest BCUT2D eigenvalue weighted by Crippen LogP contribution is -2.42. The maximum Gasteiger partial charge on any atom is 0.211 e. The maximum absolute atomic E-state index is 11.4. The summed E-state index contributed by atoms with van der Waals surface area (Å²) in [5.74, 6) is 0.514. The summed E-state index contributed by atoms with van der Waals surface area (Å²) in [6, 6.07) is 4.85. The fourth-order valence-corrected chi connectivity index (χ4v) is 3.04. The highest BCUT2D eigenvalue weighted by Crippen LogP contribution is 2.23. The molecule has 4 N–H and O–H groups in total. The number of nitrogens with zero attached hydrogens (tertiary/aromatic N) is 1. The summed E-state index contributed by atoms with van der Waals surface area (Å²) >= 11 is 11.9. The average molecular weight is 411 g/mol. The zero-order chi connectivity index (χ0) is 18.9. The lowest BCUT2D eigenvalue weighted by Gasteiger charge is -2.14. The highest BCUT2D eigenvalue weighted by atomic mass is 35.5. The molecule has 1 atom stereocenters. The Balaban J connectivity index is 2.59. The SMILES string of the molecule is CCNC(=NCC(O)c1cc(Cl)cc(Cl)c1)NCCNS(=O)(=O)CC. The molecule has 0 fully saturated rings. The van der Waals surface area contributed by atoms with E-state index < -0.39 is 16.1 Å². The number of benzene rings is 1. The molecule has 0 aliphatic heterocycles. The Morgan fingerprint density at radius 2 is 1.80 bits per heavy atom. The van der Waals surface area contributed by atoms with E-state index in [-0.39, 0.29) is 18.8 Å². The second-order valence-electron chi connectivity index (χ2n) is 5.16. The van der Waals surface area contributed by atoms with Gasteiger partial charge in [-0.15, -0.1) is 0 Å². The summed E-state index contributed by atoms with van der Waals surface area (Å²) in [5.41, 5.74) is 0.577. The molecule has 0 aromatic heterocycles. The minimum Gasteiger partial charge on any atom is -0.386 e. The Morgan fingerprint density at radius 1 is 1.16 bits per heavy atom. The first kappa shape index (κ1) is 22.0. The largest absolute Gasteiger partial charge is 0.386 e. The van der Waals surface area contributed by atoms with E-state index in [1.54, 1.807) is 25.1 Å². The Kier molecular flexibility index (Phi) is 9.52. The molecule has 1 unspecified atom stereocenters. The van der Waals surface area contributed by atoms with Crippen LogP contribution in [0.4, 0.5) is 0 Å². The predicted octanol–water partition coefficient (Wildman–Crippen LogP) is 1.52. The zero-order valence-corrected chi connectivity index (χ0v) is 16.5. The quantitative estimate of drug-likeness (QED) is 0.280. The van der Waals surface area contributed by atoms with Crippen LogP contribution in [0.5, 0.6) is 0 Å². The van der Waals surface area contributed by atoms with Crippen molar-refractivity contribution in [2.24, 2.45) is 4.99 Å². The lowest BCUT2D eigenvalue weighted by atomic mass is 10.1. The molecule has 0 saturated heterocycles. The first-order valence-corrected chi connectivity index (χ1v) is 10.3. The van der Waals surface area contributed by atoms with E-state index in [1.807, 2.05) is 6.92 Å². The van der Waals surface area contributed by atoms with Gasteiger partial charge in [0.2, 0.25) is 10.0 Å². The van der Waals surface area contributed by atoms with Gasteiger partial charge in [0, 0.05) is 29.7 Å². The molecule has 1 rings (SSSR count). The van der Waals surface area contributed by atoms with Gasteiger partial charge in [0.1, 0.15) is 0 Å². The Morgan fingerprint density at radius 3 is 2.36 bits per heavy atom. The summed E-state index contributed by atoms with van der Waals surface area (Å²) in [5, 5.41) is 17.1. The topological polar surface area (TPSA) is 103 Å². The Labute approximate surface area is 158 Å². The van der Waals surface area contributed by atoms with Crippen molar-refractivity contribution >= 4 is 39.2 Å². The van der Waals surface area contributed by atoms with E-state index in [1.165, 1.54) is 0 Å². The van der Waals surface area contributed by atoms with Crippen LogP contribution in [0.2, 0.25) is 10.0 Å². The van der Waals surface area contributed by atoms with Gasteiger partial charge < -0.3 is 15.7 Å². The number of guanidine groups is 1. The molecule has 1 aromatic carbocycles. The molecule has 0 spiro atoms. The fraction of sp³-hybridized carbons (Fsp3) is 0.533. The minimum absolute atomic E-state index is 0.0372. The molecule has 0 radical (unpaired) electrons. The number of sulfonamides is 1. The number of hydrogen-bond donors (Lipinski definition) is 4. The van der Waals surface area contributed by atoms with Gasteiger partial charge >= 0.3 is 0 Å². The second-order valence-corrected chi connectivity index (χ2v) is 8.13. The average Bonchev–Trinajstić information content (AvgIpc) is 2.55. The highest BCUT2D eigenvalue weighted by molar-refractivity contribution is 7.89. The molecular formula is C15H24Cl2N4O3S. The number of rotatable bonds is 9. The van der Waals surface area contributed by atoms with Crippen LogP contribution in [0.3, 0.4) is 0 Å². The molecule has 25 heavy (non-hydrogen) atoms. The van der Waals surface area contributed by atoms with Gasteiger partial charge in [0.15, 0.2) is 5.96 Å². The monoisotopic (exact) mass is 410 g/mol. The number of hydrogen-bond acceptors (Lipinski definition) is 4. The van der Waals surface area contributed by atoms with Gasteiger partial charge in [-0.1, -0.05) is 23.2 Å². The number of aliphatic hydroxyl groups is 1. The van der Waals surface area contributed by atoms with Crippen LogP contribution in [0, 0.1) is 0 Å². The van der Waals surface area contributed by atoms with Crippen molar-refractivity contribution in [3.63, 3.8) is 0 Å². The number of aliphatic hydroxyl groups excluding tert-OH is 1. The van der Waals surface area contributed by atoms with Crippen LogP contribution in [-0.4, -0.2) is 51.4 Å². The van der Waals surface area contributed by atoms with E-state index in [9.17, 15) is 13.5 Å². The van der Waals surface area contributed by atoms with E-state index in [4.69, 9.17) is 23.2 Å². The third-order valence-electron chi connectivity index (χ3n) is 3.16. The third-order valence-corrected chi connectivity index (χ3v) is 5.00. The summed E-state index contributed by atoms with van der Waals surface area (Å²) < 4.78 is 25.2. The van der Waals surface area contributed by atoms with Gasteiger partial charge in [0.05, 0.1) is 18.4 Å². The van der Waals surface area contributed by atoms with Gasteiger partial charge in [0.25, 0.3) is 0 Å². The first-order valence-electron chi connectivity index (χ1n) is 7.91. The van der Waals surface area contributed by atoms with Gasteiger partial charge in [-0.25, -0.2) is 13.1 Å². The molecule has 142 valence electrons. The summed E-state index contributed by atoms with van der Waals surface area (Å²) in [4.78, 5) is 4.28. The van der Waals surface area contributed by atoms with Crippen LogP contribution in [0.25, 0.3) is 0 Å². The van der Waals surface area contributed by atoms with Crippen LogP contribution in [-0.2, 0) is 10.0 Å². The van der Waals surface area contributed by atoms with Crippen LogP contribution >= 0.6 is 23.2 Å². The van der Waals surface area contributed by atoms with E-state index in [0.717, 1.165) is 0 Å². The number of nitrogens with one attached hydrogen (secondary N) is 3. The fourth-order valence-electron chi connectivity index (χ4n) is 1.88. The molecule has 10 heteroatoms. The second kappa shape index (κ2) is 10.8. The van der Waals surface area contributed by atoms with Crippen LogP contribution < -0.4 is 15.4 Å². The zero-order valence-electron chi connectivity index (χ0n) is 14.2. The molecule has 7 nitrogen and oxygen atoms in total. The molecule has 0 heterocycles. The maximum atomic E-state index is 11.4. The van der Waals surface area contributed by atoms with Crippen molar-refractivity contribution in [1.82, 2.24) is 15.4 Å². The molecule has 1 aromatic rings. The van der Waals surface area contributed by atoms with Crippen LogP contribution in [0.15, 0.2) is 23.2 Å².